The number of likely N-dealkylation sites (tertiary alicyclic amines) is 1. The Hall–Kier alpha value is -1.73. The van der Waals surface area contributed by atoms with Gasteiger partial charge in [0.05, 0.1) is 10.3 Å². The minimum Gasteiger partial charge on any atom is -0.351 e. The van der Waals surface area contributed by atoms with Crippen LogP contribution in [0.15, 0.2) is 4.79 Å². The lowest BCUT2D eigenvalue weighted by Gasteiger charge is -2.33. The van der Waals surface area contributed by atoms with Crippen LogP contribution in [0.4, 0.5) is 0 Å². The molecule has 1 N–H and O–H groups in total. The maximum Gasteiger partial charge on any atom is 0.262 e. The van der Waals surface area contributed by atoms with Crippen LogP contribution < -0.4 is 10.9 Å². The lowest BCUT2D eigenvalue weighted by molar-refractivity contribution is 0.0952. The fraction of sp³-hybridized carbons (Fsp3) is 0.667. The highest BCUT2D eigenvalue weighted by Crippen LogP contribution is 2.28. The molecule has 152 valence electrons. The Bertz CT molecular complexity index is 933. The van der Waals surface area contributed by atoms with Gasteiger partial charge < -0.3 is 10.2 Å². The molecule has 0 spiro atoms. The van der Waals surface area contributed by atoms with E-state index in [9.17, 15) is 9.59 Å². The molecule has 2 aromatic heterocycles. The summed E-state index contributed by atoms with van der Waals surface area (Å²) in [4.78, 5) is 34.2. The molecule has 1 fully saturated rings. The fourth-order valence-electron chi connectivity index (χ4n) is 4.50. The molecule has 2 aliphatic rings. The number of nitrogens with zero attached hydrogens (tertiary/aromatic N) is 3. The van der Waals surface area contributed by atoms with Crippen molar-refractivity contribution < 1.29 is 4.79 Å². The van der Waals surface area contributed by atoms with E-state index in [-0.39, 0.29) is 11.5 Å². The van der Waals surface area contributed by atoms with E-state index >= 15 is 0 Å². The van der Waals surface area contributed by atoms with E-state index in [0.717, 1.165) is 50.2 Å². The molecule has 28 heavy (non-hydrogen) atoms. The normalized spacial score (nSPS) is 20.3. The SMILES string of the molecule is Cc1c(C(=O)NCCCN2CCCC[C@H]2C)sc2nc3n(c(=O)c12)CCCC3. The summed E-state index contributed by atoms with van der Waals surface area (Å²) in [5, 5.41) is 3.68. The molecule has 0 bridgehead atoms. The van der Waals surface area contributed by atoms with E-state index in [1.807, 2.05) is 6.92 Å². The van der Waals surface area contributed by atoms with Crippen LogP contribution in [-0.2, 0) is 13.0 Å². The van der Waals surface area contributed by atoms with Crippen molar-refractivity contribution in [2.45, 2.75) is 71.4 Å². The number of rotatable bonds is 5. The van der Waals surface area contributed by atoms with E-state index in [1.54, 1.807) is 4.57 Å². The average Bonchev–Trinajstić information content (AvgIpc) is 3.03. The van der Waals surface area contributed by atoms with Crippen LogP contribution in [0.1, 0.15) is 66.5 Å². The van der Waals surface area contributed by atoms with Crippen molar-refractivity contribution in [2.24, 2.45) is 0 Å². The van der Waals surface area contributed by atoms with Gasteiger partial charge in [-0.3, -0.25) is 14.2 Å². The number of aromatic nitrogens is 2. The molecule has 6 nitrogen and oxygen atoms in total. The quantitative estimate of drug-likeness (QED) is 0.781. The number of carbonyl (C=O) groups excluding carboxylic acids is 1. The summed E-state index contributed by atoms with van der Waals surface area (Å²) in [5.74, 6) is 0.794. The van der Waals surface area contributed by atoms with Gasteiger partial charge in [-0.1, -0.05) is 6.42 Å². The van der Waals surface area contributed by atoms with Crippen LogP contribution in [0.5, 0.6) is 0 Å². The van der Waals surface area contributed by atoms with Gasteiger partial charge in [-0.05, 0) is 58.1 Å². The largest absolute Gasteiger partial charge is 0.351 e. The molecule has 0 aliphatic carbocycles. The van der Waals surface area contributed by atoms with Crippen LogP contribution in [0.3, 0.4) is 0 Å². The zero-order valence-electron chi connectivity index (χ0n) is 16.9. The van der Waals surface area contributed by atoms with Crippen molar-refractivity contribution in [3.63, 3.8) is 0 Å². The number of hydrogen-bond acceptors (Lipinski definition) is 5. The topological polar surface area (TPSA) is 67.2 Å². The molecule has 7 heteroatoms. The average molecular weight is 403 g/mol. The van der Waals surface area contributed by atoms with E-state index in [2.05, 4.69) is 17.1 Å². The van der Waals surface area contributed by atoms with Crippen molar-refractivity contribution in [1.29, 1.82) is 0 Å². The molecule has 1 saturated heterocycles. The second-order valence-electron chi connectivity index (χ2n) is 8.17. The zero-order valence-corrected chi connectivity index (χ0v) is 17.7. The number of fused-ring (bicyclic) bond motifs is 2. The lowest BCUT2D eigenvalue weighted by atomic mass is 10.0. The predicted molar refractivity (Wildman–Crippen MR) is 113 cm³/mol. The second-order valence-corrected chi connectivity index (χ2v) is 9.17. The number of hydrogen-bond donors (Lipinski definition) is 1. The van der Waals surface area contributed by atoms with Crippen LogP contribution in [0.2, 0.25) is 0 Å². The molecule has 4 heterocycles. The van der Waals surface area contributed by atoms with Gasteiger partial charge in [-0.2, -0.15) is 0 Å². The van der Waals surface area contributed by atoms with Gasteiger partial charge in [-0.25, -0.2) is 4.98 Å². The number of carbonyl (C=O) groups is 1. The van der Waals surface area contributed by atoms with Gasteiger partial charge in [0.1, 0.15) is 10.7 Å². The maximum absolute atomic E-state index is 12.9. The third-order valence-electron chi connectivity index (χ3n) is 6.22. The molecule has 0 unspecified atom stereocenters. The summed E-state index contributed by atoms with van der Waals surface area (Å²) < 4.78 is 1.80. The van der Waals surface area contributed by atoms with Crippen LogP contribution >= 0.6 is 11.3 Å². The summed E-state index contributed by atoms with van der Waals surface area (Å²) in [5.41, 5.74) is 0.798. The van der Waals surface area contributed by atoms with E-state index in [4.69, 9.17) is 4.98 Å². The summed E-state index contributed by atoms with van der Waals surface area (Å²) in [6.07, 6.45) is 7.78. The number of amides is 1. The molecule has 1 atom stereocenters. The number of thiophene rings is 1. The van der Waals surface area contributed by atoms with E-state index in [0.29, 0.717) is 27.7 Å². The van der Waals surface area contributed by atoms with Crippen molar-refractivity contribution in [2.75, 3.05) is 19.6 Å². The predicted octanol–water partition coefficient (Wildman–Crippen LogP) is 3.10. The Morgan fingerprint density at radius 2 is 2.07 bits per heavy atom. The Balaban J connectivity index is 1.43. The van der Waals surface area contributed by atoms with Crippen LogP contribution in [0, 0.1) is 6.92 Å². The van der Waals surface area contributed by atoms with Crippen molar-refractivity contribution >= 4 is 27.5 Å². The van der Waals surface area contributed by atoms with Crippen LogP contribution in [0.25, 0.3) is 10.2 Å². The summed E-state index contributed by atoms with van der Waals surface area (Å²) in [7, 11) is 0. The Morgan fingerprint density at radius 1 is 1.25 bits per heavy atom. The summed E-state index contributed by atoms with van der Waals surface area (Å²) >= 11 is 1.36. The third-order valence-corrected chi connectivity index (χ3v) is 7.40. The number of nitrogens with one attached hydrogen (secondary N) is 1. The Morgan fingerprint density at radius 3 is 2.89 bits per heavy atom. The van der Waals surface area contributed by atoms with Gasteiger partial charge in [0.15, 0.2) is 0 Å². The molecule has 0 radical (unpaired) electrons. The molecule has 2 aliphatic heterocycles. The van der Waals surface area contributed by atoms with Gasteiger partial charge in [0.25, 0.3) is 11.5 Å². The lowest BCUT2D eigenvalue weighted by Crippen LogP contribution is -2.39. The van der Waals surface area contributed by atoms with Crippen molar-refractivity contribution in [3.05, 3.63) is 26.6 Å². The first-order valence-electron chi connectivity index (χ1n) is 10.6. The maximum atomic E-state index is 12.9. The summed E-state index contributed by atoms with van der Waals surface area (Å²) in [6, 6.07) is 0.652. The van der Waals surface area contributed by atoms with Gasteiger partial charge >= 0.3 is 0 Å². The highest BCUT2D eigenvalue weighted by Gasteiger charge is 2.23. The Kier molecular flexibility index (Phi) is 5.83. The molecule has 4 rings (SSSR count). The minimum atomic E-state index is -0.0745. The monoisotopic (exact) mass is 402 g/mol. The molecule has 1 amide bonds. The highest BCUT2D eigenvalue weighted by molar-refractivity contribution is 7.20. The number of piperidine rings is 1. The molecular formula is C21H30N4O2S. The minimum absolute atomic E-state index is 0.0200. The Labute approximate surface area is 169 Å². The first kappa shape index (κ1) is 19.6. The van der Waals surface area contributed by atoms with Gasteiger partial charge in [-0.15, -0.1) is 11.3 Å². The van der Waals surface area contributed by atoms with E-state index < -0.39 is 0 Å². The number of aryl methyl sites for hydroxylation is 2. The second kappa shape index (κ2) is 8.33. The zero-order chi connectivity index (χ0) is 19.7. The smallest absolute Gasteiger partial charge is 0.262 e. The standard InChI is InChI=1S/C21H30N4O2S/c1-14-8-3-5-11-24(14)12-7-10-22-19(26)18-15(2)17-20(28-18)23-16-9-4-6-13-25(16)21(17)27/h14H,3-13H2,1-2H3,(H,22,26)/t14-/m1/s1. The van der Waals surface area contributed by atoms with Gasteiger partial charge in [0.2, 0.25) is 0 Å². The molecular weight excluding hydrogens is 372 g/mol. The first-order chi connectivity index (χ1) is 13.6. The fourth-order valence-corrected chi connectivity index (χ4v) is 5.61. The molecule has 0 aromatic carbocycles. The van der Waals surface area contributed by atoms with Crippen LogP contribution in [-0.4, -0.2) is 46.0 Å². The highest BCUT2D eigenvalue weighted by atomic mass is 32.1. The third kappa shape index (κ3) is 3.74. The van der Waals surface area contributed by atoms with Crippen molar-refractivity contribution in [1.82, 2.24) is 19.8 Å². The van der Waals surface area contributed by atoms with E-state index in [1.165, 1.54) is 37.1 Å². The summed E-state index contributed by atoms with van der Waals surface area (Å²) in [6.45, 7) is 7.78. The van der Waals surface area contributed by atoms with Gasteiger partial charge in [0, 0.05) is 32.1 Å². The molecule has 2 aromatic rings. The first-order valence-corrected chi connectivity index (χ1v) is 11.4. The molecule has 0 saturated carbocycles. The van der Waals surface area contributed by atoms with Crippen molar-refractivity contribution in [3.8, 4) is 0 Å².